The zero-order valence-corrected chi connectivity index (χ0v) is 19.2. The van der Waals surface area contributed by atoms with Gasteiger partial charge in [0.05, 0.1) is 18.1 Å². The van der Waals surface area contributed by atoms with Crippen molar-refractivity contribution in [2.45, 2.75) is 83.9 Å². The van der Waals surface area contributed by atoms with Crippen LogP contribution in [0.1, 0.15) is 64.2 Å². The van der Waals surface area contributed by atoms with Crippen molar-refractivity contribution in [3.05, 3.63) is 28.8 Å². The van der Waals surface area contributed by atoms with Crippen LogP contribution in [0.5, 0.6) is 5.75 Å². The molecule has 2 aliphatic carbocycles. The topological polar surface area (TPSA) is 65.0 Å². The van der Waals surface area contributed by atoms with Crippen molar-refractivity contribution in [1.82, 2.24) is 0 Å². The van der Waals surface area contributed by atoms with Crippen molar-refractivity contribution >= 4 is 5.78 Å². The van der Waals surface area contributed by atoms with Crippen LogP contribution in [-0.2, 0) is 26.3 Å². The molecule has 2 heterocycles. The molecule has 1 spiro atoms. The van der Waals surface area contributed by atoms with E-state index in [1.54, 1.807) is 7.11 Å². The van der Waals surface area contributed by atoms with Gasteiger partial charge >= 0.3 is 0 Å². The Kier molecular flexibility index (Phi) is 4.01. The quantitative estimate of drug-likeness (QED) is 0.755. The third-order valence-corrected chi connectivity index (χ3v) is 9.49. The second-order valence-corrected chi connectivity index (χ2v) is 10.7. The lowest BCUT2D eigenvalue weighted by molar-refractivity contribution is -0.383. The number of methoxy groups -OCH3 is 1. The fraction of sp³-hybridized carbons (Fsp3) is 0.720. The van der Waals surface area contributed by atoms with Gasteiger partial charge in [0.2, 0.25) is 0 Å². The minimum Gasteiger partial charge on any atom is -0.496 e. The molecule has 1 saturated carbocycles. The number of carbonyl (C=O) groups excluding carboxylic acids is 1. The lowest BCUT2D eigenvalue weighted by atomic mass is 9.54. The lowest BCUT2D eigenvalue weighted by Gasteiger charge is -2.60. The average Bonchev–Trinajstić information content (AvgIpc) is 3.02. The maximum Gasteiger partial charge on any atom is 0.199 e. The van der Waals surface area contributed by atoms with Crippen molar-refractivity contribution in [3.8, 4) is 5.75 Å². The molecular formula is C25H34O5. The molecule has 0 radical (unpaired) electrons. The van der Waals surface area contributed by atoms with E-state index in [0.29, 0.717) is 6.42 Å². The van der Waals surface area contributed by atoms with E-state index in [0.717, 1.165) is 35.3 Å². The average molecular weight is 415 g/mol. The number of hydrogen-bond acceptors (Lipinski definition) is 5. The highest BCUT2D eigenvalue weighted by molar-refractivity contribution is 5.92. The first-order valence-electron chi connectivity index (χ1n) is 11.2. The minimum absolute atomic E-state index is 0.0727. The molecule has 5 heteroatoms. The first kappa shape index (κ1) is 20.5. The maximum atomic E-state index is 13.7. The molecule has 0 aromatic heterocycles. The van der Waals surface area contributed by atoms with Crippen LogP contribution in [0.15, 0.2) is 12.1 Å². The predicted octanol–water partition coefficient (Wildman–Crippen LogP) is 3.91. The number of aliphatic hydroxyl groups is 1. The molecule has 7 unspecified atom stereocenters. The van der Waals surface area contributed by atoms with E-state index in [1.807, 2.05) is 33.8 Å². The molecule has 4 aliphatic rings. The molecule has 2 bridgehead atoms. The summed E-state index contributed by atoms with van der Waals surface area (Å²) in [6.07, 6.45) is 1.31. The third kappa shape index (κ3) is 2.03. The van der Waals surface area contributed by atoms with Crippen LogP contribution in [0.3, 0.4) is 0 Å². The Labute approximate surface area is 179 Å². The van der Waals surface area contributed by atoms with Gasteiger partial charge in [-0.15, -0.1) is 0 Å². The Morgan fingerprint density at radius 3 is 2.43 bits per heavy atom. The van der Waals surface area contributed by atoms with Gasteiger partial charge in [-0.2, -0.15) is 0 Å². The predicted molar refractivity (Wildman–Crippen MR) is 112 cm³/mol. The molecule has 5 nitrogen and oxygen atoms in total. The molecule has 2 aliphatic heterocycles. The van der Waals surface area contributed by atoms with E-state index in [-0.39, 0.29) is 23.5 Å². The molecule has 164 valence electrons. The van der Waals surface area contributed by atoms with Gasteiger partial charge in [-0.05, 0) is 69.2 Å². The molecule has 1 aromatic rings. The van der Waals surface area contributed by atoms with Crippen molar-refractivity contribution in [3.63, 3.8) is 0 Å². The molecule has 1 aromatic carbocycles. The van der Waals surface area contributed by atoms with Gasteiger partial charge in [0.1, 0.15) is 23.2 Å². The highest BCUT2D eigenvalue weighted by Gasteiger charge is 2.77. The normalized spacial score (nSPS) is 46.1. The summed E-state index contributed by atoms with van der Waals surface area (Å²) in [6.45, 7) is 12.3. The van der Waals surface area contributed by atoms with Gasteiger partial charge in [-0.25, -0.2) is 0 Å². The fourth-order valence-electron chi connectivity index (χ4n) is 7.30. The number of ketones is 1. The van der Waals surface area contributed by atoms with Crippen molar-refractivity contribution in [1.29, 1.82) is 0 Å². The van der Waals surface area contributed by atoms with Crippen LogP contribution in [0, 0.1) is 30.1 Å². The van der Waals surface area contributed by atoms with Gasteiger partial charge in [-0.3, -0.25) is 4.79 Å². The van der Waals surface area contributed by atoms with Crippen LogP contribution >= 0.6 is 0 Å². The summed E-state index contributed by atoms with van der Waals surface area (Å²) < 4.78 is 19.2. The number of rotatable bonds is 1. The number of hydrogen-bond donors (Lipinski definition) is 1. The molecule has 7 atom stereocenters. The Bertz CT molecular complexity index is 938. The molecule has 2 saturated heterocycles. The summed E-state index contributed by atoms with van der Waals surface area (Å²) in [6, 6.07) is 4.06. The number of Topliss-reactive ketones (excluding diaryl/α,β-unsaturated/α-hetero) is 1. The number of ether oxygens (including phenoxy) is 3. The summed E-state index contributed by atoms with van der Waals surface area (Å²) >= 11 is 0. The largest absolute Gasteiger partial charge is 0.496 e. The second-order valence-electron chi connectivity index (χ2n) is 10.7. The molecule has 0 amide bonds. The summed E-state index contributed by atoms with van der Waals surface area (Å²) in [5.74, 6) is -0.132. The van der Waals surface area contributed by atoms with Crippen LogP contribution < -0.4 is 4.74 Å². The highest BCUT2D eigenvalue weighted by Crippen LogP contribution is 2.71. The van der Waals surface area contributed by atoms with Crippen LogP contribution in [0.2, 0.25) is 0 Å². The Hall–Kier alpha value is -1.43. The Balaban J connectivity index is 1.75. The summed E-state index contributed by atoms with van der Waals surface area (Å²) in [5, 5.41) is 11.4. The van der Waals surface area contributed by atoms with Crippen LogP contribution in [0.4, 0.5) is 0 Å². The monoisotopic (exact) mass is 414 g/mol. The van der Waals surface area contributed by atoms with E-state index in [4.69, 9.17) is 14.2 Å². The van der Waals surface area contributed by atoms with Crippen molar-refractivity contribution < 1.29 is 24.1 Å². The first-order chi connectivity index (χ1) is 14.0. The molecular weight excluding hydrogens is 380 g/mol. The summed E-state index contributed by atoms with van der Waals surface area (Å²) in [5.41, 5.74) is 1.18. The lowest BCUT2D eigenvalue weighted by Crippen LogP contribution is -2.68. The minimum atomic E-state index is -1.10. The number of carbonyl (C=O) groups is 1. The Morgan fingerprint density at radius 2 is 1.83 bits per heavy atom. The van der Waals surface area contributed by atoms with Crippen molar-refractivity contribution in [2.75, 3.05) is 7.11 Å². The molecule has 1 N–H and O–H groups in total. The maximum absolute atomic E-state index is 13.7. The van der Waals surface area contributed by atoms with E-state index >= 15 is 0 Å². The zero-order valence-electron chi connectivity index (χ0n) is 19.2. The number of fused-ring (bicyclic) bond motifs is 1. The van der Waals surface area contributed by atoms with Crippen molar-refractivity contribution in [2.24, 2.45) is 23.2 Å². The van der Waals surface area contributed by atoms with Crippen LogP contribution in [-0.4, -0.2) is 35.5 Å². The van der Waals surface area contributed by atoms with E-state index in [2.05, 4.69) is 19.9 Å². The molecule has 5 rings (SSSR count). The van der Waals surface area contributed by atoms with Crippen LogP contribution in [0.25, 0.3) is 0 Å². The first-order valence-corrected chi connectivity index (χ1v) is 11.2. The number of aliphatic hydroxyl groups excluding tert-OH is 1. The number of benzene rings is 1. The molecule has 30 heavy (non-hydrogen) atoms. The molecule has 3 fully saturated rings. The van der Waals surface area contributed by atoms with Gasteiger partial charge < -0.3 is 19.3 Å². The van der Waals surface area contributed by atoms with Gasteiger partial charge in [-0.1, -0.05) is 19.9 Å². The van der Waals surface area contributed by atoms with E-state index in [1.165, 1.54) is 0 Å². The highest BCUT2D eigenvalue weighted by atomic mass is 16.7. The zero-order chi connectivity index (χ0) is 21.9. The standard InChI is InChI=1S/C25H34O5/c1-13-16-12-20(26)23(6)17-10-11-24(23,18(16)8-9-19(13)28-7)30-25(14(17)2)21(27)15(3)22(4,5)29-25/h8-9,14-15,17,21,27H,10-12H2,1-7H3. The van der Waals surface area contributed by atoms with Gasteiger partial charge in [0.25, 0.3) is 0 Å². The Morgan fingerprint density at radius 1 is 1.13 bits per heavy atom. The van der Waals surface area contributed by atoms with Gasteiger partial charge in [0.15, 0.2) is 5.79 Å². The summed E-state index contributed by atoms with van der Waals surface area (Å²) in [4.78, 5) is 13.7. The van der Waals surface area contributed by atoms with E-state index < -0.39 is 28.5 Å². The SMILES string of the molecule is COc1ccc2c(c1C)CC(=O)C1(C)C3CCC21OC1(OC(C)(C)C(C)C1O)C3C. The van der Waals surface area contributed by atoms with Gasteiger partial charge in [0, 0.05) is 18.3 Å². The third-order valence-electron chi connectivity index (χ3n) is 9.49. The van der Waals surface area contributed by atoms with E-state index in [9.17, 15) is 9.90 Å². The summed E-state index contributed by atoms with van der Waals surface area (Å²) in [7, 11) is 1.66. The smallest absolute Gasteiger partial charge is 0.199 e. The second kappa shape index (κ2) is 5.87. The fourth-order valence-corrected chi connectivity index (χ4v) is 7.30.